The van der Waals surface area contributed by atoms with Crippen LogP contribution in [0.4, 0.5) is 5.69 Å². The van der Waals surface area contributed by atoms with Gasteiger partial charge in [0.1, 0.15) is 0 Å². The molecule has 3 rings (SSSR count). The zero-order valence-electron chi connectivity index (χ0n) is 15.4. The van der Waals surface area contributed by atoms with Gasteiger partial charge in [-0.1, -0.05) is 25.1 Å². The zero-order chi connectivity index (χ0) is 17.6. The lowest BCUT2D eigenvalue weighted by atomic mass is 9.91. The van der Waals surface area contributed by atoms with Crippen molar-refractivity contribution in [1.29, 1.82) is 0 Å². The van der Waals surface area contributed by atoms with Crippen molar-refractivity contribution < 1.29 is 14.3 Å². The van der Waals surface area contributed by atoms with E-state index < -0.39 is 0 Å². The second-order valence-electron chi connectivity index (χ2n) is 6.99. The Kier molecular flexibility index (Phi) is 6.32. The number of morpholine rings is 1. The molecule has 5 heteroatoms. The summed E-state index contributed by atoms with van der Waals surface area (Å²) in [7, 11) is 1.92. The first kappa shape index (κ1) is 18.2. The van der Waals surface area contributed by atoms with E-state index in [2.05, 4.69) is 36.1 Å². The Hall–Kier alpha value is -1.59. The van der Waals surface area contributed by atoms with Gasteiger partial charge in [0, 0.05) is 39.0 Å². The predicted octanol–water partition coefficient (Wildman–Crippen LogP) is 2.69. The minimum atomic E-state index is -0.000649. The standard InChI is InChI=1S/C20H30N2O3/c1-3-19-17(8-6-12-25-19)20(23)21(2)15-16-7-4-5-9-18(16)22-10-13-24-14-11-22/h4-5,7,9,17,19H,3,6,8,10-15H2,1-2H3/t17-,19-/m1/s1. The molecule has 0 spiro atoms. The maximum Gasteiger partial charge on any atom is 0.228 e. The van der Waals surface area contributed by atoms with E-state index in [4.69, 9.17) is 9.47 Å². The minimum absolute atomic E-state index is 0.000649. The quantitative estimate of drug-likeness (QED) is 0.822. The topological polar surface area (TPSA) is 42.0 Å². The summed E-state index contributed by atoms with van der Waals surface area (Å²) in [6, 6.07) is 8.40. The molecular formula is C20H30N2O3. The van der Waals surface area contributed by atoms with Crippen LogP contribution in [0.3, 0.4) is 0 Å². The van der Waals surface area contributed by atoms with Gasteiger partial charge in [-0.25, -0.2) is 0 Å². The molecule has 0 bridgehead atoms. The summed E-state index contributed by atoms with van der Waals surface area (Å²) in [5, 5.41) is 0. The smallest absolute Gasteiger partial charge is 0.228 e. The molecule has 2 atom stereocenters. The van der Waals surface area contributed by atoms with Crippen LogP contribution in [0.25, 0.3) is 0 Å². The molecule has 1 amide bonds. The number of carbonyl (C=O) groups is 1. The normalized spacial score (nSPS) is 24.2. The summed E-state index contributed by atoms with van der Waals surface area (Å²) in [6.07, 6.45) is 2.88. The largest absolute Gasteiger partial charge is 0.378 e. The molecule has 0 aliphatic carbocycles. The third kappa shape index (κ3) is 4.33. The third-order valence-electron chi connectivity index (χ3n) is 5.29. The Morgan fingerprint density at radius 3 is 2.76 bits per heavy atom. The Labute approximate surface area is 150 Å². The number of amides is 1. The first-order valence-corrected chi connectivity index (χ1v) is 9.48. The highest BCUT2D eigenvalue weighted by molar-refractivity contribution is 5.79. The Morgan fingerprint density at radius 1 is 1.24 bits per heavy atom. The van der Waals surface area contributed by atoms with Crippen molar-refractivity contribution in [2.24, 2.45) is 5.92 Å². The average Bonchev–Trinajstić information content (AvgIpc) is 2.68. The molecule has 25 heavy (non-hydrogen) atoms. The number of rotatable bonds is 5. The first-order valence-electron chi connectivity index (χ1n) is 9.48. The number of ether oxygens (including phenoxy) is 2. The fourth-order valence-electron chi connectivity index (χ4n) is 3.90. The minimum Gasteiger partial charge on any atom is -0.378 e. The fraction of sp³-hybridized carbons (Fsp3) is 0.650. The Balaban J connectivity index is 1.70. The Bertz CT molecular complexity index is 572. The molecule has 0 radical (unpaired) electrons. The van der Waals surface area contributed by atoms with Gasteiger partial charge in [0.15, 0.2) is 0 Å². The molecule has 0 unspecified atom stereocenters. The molecular weight excluding hydrogens is 316 g/mol. The van der Waals surface area contributed by atoms with Gasteiger partial charge in [-0.2, -0.15) is 0 Å². The van der Waals surface area contributed by atoms with Gasteiger partial charge < -0.3 is 19.3 Å². The first-order chi connectivity index (χ1) is 12.2. The van der Waals surface area contributed by atoms with Gasteiger partial charge in [-0.05, 0) is 30.9 Å². The van der Waals surface area contributed by atoms with Crippen LogP contribution in [0.1, 0.15) is 31.7 Å². The Morgan fingerprint density at radius 2 is 2.00 bits per heavy atom. The SMILES string of the molecule is CC[C@H]1OCCC[C@H]1C(=O)N(C)Cc1ccccc1N1CCOCC1. The maximum absolute atomic E-state index is 13.0. The van der Waals surface area contributed by atoms with Crippen LogP contribution in [0.15, 0.2) is 24.3 Å². The third-order valence-corrected chi connectivity index (χ3v) is 5.29. The average molecular weight is 346 g/mol. The molecule has 0 saturated carbocycles. The van der Waals surface area contributed by atoms with Crippen LogP contribution in [-0.2, 0) is 20.8 Å². The molecule has 2 fully saturated rings. The van der Waals surface area contributed by atoms with Gasteiger partial charge in [0.25, 0.3) is 0 Å². The van der Waals surface area contributed by atoms with Crippen LogP contribution < -0.4 is 4.90 Å². The molecule has 0 aromatic heterocycles. The van der Waals surface area contributed by atoms with Gasteiger partial charge in [0.2, 0.25) is 5.91 Å². The van der Waals surface area contributed by atoms with Crippen LogP contribution in [0, 0.1) is 5.92 Å². The van der Waals surface area contributed by atoms with E-state index in [1.54, 1.807) is 0 Å². The van der Waals surface area contributed by atoms with E-state index in [0.717, 1.165) is 52.2 Å². The number of hydrogen-bond donors (Lipinski definition) is 0. The summed E-state index contributed by atoms with van der Waals surface area (Å²) in [4.78, 5) is 17.2. The zero-order valence-corrected chi connectivity index (χ0v) is 15.4. The van der Waals surface area contributed by atoms with Crippen LogP contribution >= 0.6 is 0 Å². The molecule has 2 heterocycles. The van der Waals surface area contributed by atoms with Crippen LogP contribution in [0.2, 0.25) is 0 Å². The summed E-state index contributed by atoms with van der Waals surface area (Å²) < 4.78 is 11.3. The predicted molar refractivity (Wildman–Crippen MR) is 98.7 cm³/mol. The monoisotopic (exact) mass is 346 g/mol. The van der Waals surface area contributed by atoms with E-state index in [9.17, 15) is 4.79 Å². The van der Waals surface area contributed by atoms with E-state index in [1.807, 2.05) is 11.9 Å². The van der Waals surface area contributed by atoms with Crippen molar-refractivity contribution in [2.45, 2.75) is 38.8 Å². The lowest BCUT2D eigenvalue weighted by molar-refractivity contribution is -0.144. The van der Waals surface area contributed by atoms with E-state index in [0.29, 0.717) is 6.54 Å². The van der Waals surface area contributed by atoms with E-state index >= 15 is 0 Å². The number of hydrogen-bond acceptors (Lipinski definition) is 4. The fourth-order valence-corrected chi connectivity index (χ4v) is 3.90. The van der Waals surface area contributed by atoms with E-state index in [-0.39, 0.29) is 17.9 Å². The highest BCUT2D eigenvalue weighted by Gasteiger charge is 2.32. The van der Waals surface area contributed by atoms with Crippen LogP contribution in [-0.4, -0.2) is 56.9 Å². The second-order valence-corrected chi connectivity index (χ2v) is 6.99. The summed E-state index contributed by atoms with van der Waals surface area (Å²) in [5.41, 5.74) is 2.42. The van der Waals surface area contributed by atoms with Crippen molar-refractivity contribution >= 4 is 11.6 Å². The van der Waals surface area contributed by atoms with Gasteiger partial charge in [-0.15, -0.1) is 0 Å². The van der Waals surface area contributed by atoms with Crippen molar-refractivity contribution in [1.82, 2.24) is 4.90 Å². The number of para-hydroxylation sites is 1. The molecule has 5 nitrogen and oxygen atoms in total. The van der Waals surface area contributed by atoms with Crippen LogP contribution in [0.5, 0.6) is 0 Å². The highest BCUT2D eigenvalue weighted by atomic mass is 16.5. The van der Waals surface area contributed by atoms with E-state index in [1.165, 1.54) is 11.3 Å². The lowest BCUT2D eigenvalue weighted by Gasteiger charge is -2.34. The summed E-state index contributed by atoms with van der Waals surface area (Å²) in [5.74, 6) is 0.211. The number of benzene rings is 1. The lowest BCUT2D eigenvalue weighted by Crippen LogP contribution is -2.42. The van der Waals surface area contributed by atoms with Crippen molar-refractivity contribution in [3.05, 3.63) is 29.8 Å². The number of anilines is 1. The van der Waals surface area contributed by atoms with Gasteiger partial charge >= 0.3 is 0 Å². The number of nitrogens with zero attached hydrogens (tertiary/aromatic N) is 2. The van der Waals surface area contributed by atoms with Crippen molar-refractivity contribution in [3.8, 4) is 0 Å². The molecule has 1 aromatic rings. The summed E-state index contributed by atoms with van der Waals surface area (Å²) >= 11 is 0. The number of carbonyl (C=O) groups excluding carboxylic acids is 1. The molecule has 2 aliphatic heterocycles. The second kappa shape index (κ2) is 8.68. The summed E-state index contributed by atoms with van der Waals surface area (Å²) in [6.45, 7) is 6.86. The molecule has 2 aliphatic rings. The van der Waals surface area contributed by atoms with Crippen molar-refractivity contribution in [3.63, 3.8) is 0 Å². The maximum atomic E-state index is 13.0. The molecule has 0 N–H and O–H groups in total. The van der Waals surface area contributed by atoms with Crippen molar-refractivity contribution in [2.75, 3.05) is 44.9 Å². The van der Waals surface area contributed by atoms with Gasteiger partial charge in [-0.3, -0.25) is 4.79 Å². The highest BCUT2D eigenvalue weighted by Crippen LogP contribution is 2.27. The van der Waals surface area contributed by atoms with Gasteiger partial charge in [0.05, 0.1) is 25.2 Å². The molecule has 138 valence electrons. The molecule has 1 aromatic carbocycles. The molecule has 2 saturated heterocycles.